The highest BCUT2D eigenvalue weighted by molar-refractivity contribution is 7.13. The summed E-state index contributed by atoms with van der Waals surface area (Å²) in [6.45, 7) is 0.857. The fourth-order valence-corrected chi connectivity index (χ4v) is 3.20. The molecule has 2 aromatic heterocycles. The average molecular weight is 373 g/mol. The van der Waals surface area contributed by atoms with Gasteiger partial charge in [0.1, 0.15) is 25.5 Å². The summed E-state index contributed by atoms with van der Waals surface area (Å²) in [5, 5.41) is 5.88. The third kappa shape index (κ3) is 3.23. The van der Waals surface area contributed by atoms with Crippen molar-refractivity contribution in [2.75, 3.05) is 20.3 Å². The van der Waals surface area contributed by atoms with Gasteiger partial charge in [0.05, 0.1) is 17.6 Å². The number of thiophene rings is 1. The summed E-state index contributed by atoms with van der Waals surface area (Å²) in [7, 11) is 1.50. The van der Waals surface area contributed by atoms with Crippen LogP contribution in [0.1, 0.15) is 16.1 Å². The van der Waals surface area contributed by atoms with Crippen molar-refractivity contribution < 1.29 is 28.3 Å². The monoisotopic (exact) mass is 373 g/mol. The van der Waals surface area contributed by atoms with Gasteiger partial charge in [-0.1, -0.05) is 11.2 Å². The van der Waals surface area contributed by atoms with Gasteiger partial charge in [-0.3, -0.25) is 0 Å². The normalized spacial score (nSPS) is 12.7. The first kappa shape index (κ1) is 16.5. The van der Waals surface area contributed by atoms with Gasteiger partial charge in [-0.2, -0.15) is 0 Å². The third-order valence-electron chi connectivity index (χ3n) is 3.74. The molecule has 134 valence electrons. The molecule has 3 heterocycles. The van der Waals surface area contributed by atoms with Crippen molar-refractivity contribution in [3.8, 4) is 27.9 Å². The number of rotatable bonds is 5. The predicted octanol–water partition coefficient (Wildman–Crippen LogP) is 3.54. The second kappa shape index (κ2) is 7.09. The fourth-order valence-electron chi connectivity index (χ4n) is 2.53. The van der Waals surface area contributed by atoms with Gasteiger partial charge in [0.2, 0.25) is 5.75 Å². The van der Waals surface area contributed by atoms with Crippen molar-refractivity contribution in [3.63, 3.8) is 0 Å². The molecule has 0 saturated carbocycles. The molecule has 3 aromatic rings. The Hall–Kier alpha value is -3.00. The van der Waals surface area contributed by atoms with Gasteiger partial charge in [0.15, 0.2) is 17.3 Å². The van der Waals surface area contributed by atoms with Crippen LogP contribution in [0.25, 0.3) is 10.6 Å². The number of carbonyl (C=O) groups excluding carboxylic acids is 1. The molecule has 0 unspecified atom stereocenters. The first-order valence-electron chi connectivity index (χ1n) is 7.89. The maximum atomic E-state index is 12.4. The number of nitrogens with zero attached hydrogens (tertiary/aromatic N) is 1. The van der Waals surface area contributed by atoms with E-state index in [4.69, 9.17) is 23.5 Å². The Bertz CT molecular complexity index is 901. The van der Waals surface area contributed by atoms with Crippen LogP contribution < -0.4 is 14.2 Å². The molecule has 0 saturated heterocycles. The van der Waals surface area contributed by atoms with E-state index in [1.165, 1.54) is 7.11 Å². The summed E-state index contributed by atoms with van der Waals surface area (Å²) >= 11 is 1.55. The summed E-state index contributed by atoms with van der Waals surface area (Å²) in [5.74, 6) is 1.51. The van der Waals surface area contributed by atoms with E-state index in [0.29, 0.717) is 47.5 Å². The maximum absolute atomic E-state index is 12.4. The van der Waals surface area contributed by atoms with Gasteiger partial charge in [-0.15, -0.1) is 11.3 Å². The number of esters is 1. The number of hydrogen-bond acceptors (Lipinski definition) is 8. The lowest BCUT2D eigenvalue weighted by Gasteiger charge is -2.21. The quantitative estimate of drug-likeness (QED) is 0.633. The van der Waals surface area contributed by atoms with Crippen molar-refractivity contribution in [1.29, 1.82) is 0 Å². The Kier molecular flexibility index (Phi) is 4.49. The molecule has 0 fully saturated rings. The number of benzene rings is 1. The van der Waals surface area contributed by atoms with Crippen molar-refractivity contribution in [2.24, 2.45) is 0 Å². The predicted molar refractivity (Wildman–Crippen MR) is 92.9 cm³/mol. The van der Waals surface area contributed by atoms with E-state index in [1.54, 1.807) is 29.5 Å². The molecule has 0 spiro atoms. The third-order valence-corrected chi connectivity index (χ3v) is 4.62. The van der Waals surface area contributed by atoms with Gasteiger partial charge in [-0.25, -0.2) is 4.79 Å². The smallest absolute Gasteiger partial charge is 0.338 e. The molecule has 7 nitrogen and oxygen atoms in total. The van der Waals surface area contributed by atoms with E-state index in [2.05, 4.69) is 5.16 Å². The Balaban J connectivity index is 1.47. The van der Waals surface area contributed by atoms with E-state index in [1.807, 2.05) is 17.5 Å². The second-order valence-electron chi connectivity index (χ2n) is 5.44. The molecule has 1 aromatic carbocycles. The highest BCUT2D eigenvalue weighted by Gasteiger charge is 2.22. The van der Waals surface area contributed by atoms with Crippen molar-refractivity contribution in [1.82, 2.24) is 5.16 Å². The van der Waals surface area contributed by atoms with Crippen molar-refractivity contribution in [2.45, 2.75) is 6.61 Å². The molecule has 4 rings (SSSR count). The van der Waals surface area contributed by atoms with Gasteiger partial charge in [0, 0.05) is 6.07 Å². The molecular weight excluding hydrogens is 358 g/mol. The van der Waals surface area contributed by atoms with E-state index in [9.17, 15) is 4.79 Å². The fraction of sp³-hybridized carbons (Fsp3) is 0.222. The molecule has 0 bridgehead atoms. The Morgan fingerprint density at radius 3 is 2.96 bits per heavy atom. The zero-order valence-electron chi connectivity index (χ0n) is 13.9. The Labute approximate surface area is 153 Å². The largest absolute Gasteiger partial charge is 0.493 e. The molecule has 8 heteroatoms. The number of fused-ring (bicyclic) bond motifs is 1. The molecule has 26 heavy (non-hydrogen) atoms. The van der Waals surface area contributed by atoms with Crippen LogP contribution >= 0.6 is 11.3 Å². The van der Waals surface area contributed by atoms with Gasteiger partial charge < -0.3 is 23.5 Å². The zero-order chi connectivity index (χ0) is 17.9. The van der Waals surface area contributed by atoms with Crippen LogP contribution in [0.2, 0.25) is 0 Å². The minimum Gasteiger partial charge on any atom is -0.493 e. The number of hydrogen-bond donors (Lipinski definition) is 0. The van der Waals surface area contributed by atoms with Crippen LogP contribution in [-0.2, 0) is 11.3 Å². The zero-order valence-corrected chi connectivity index (χ0v) is 14.7. The van der Waals surface area contributed by atoms with Crippen LogP contribution in [0.3, 0.4) is 0 Å². The summed E-state index contributed by atoms with van der Waals surface area (Å²) in [6.07, 6.45) is 0. The first-order valence-corrected chi connectivity index (χ1v) is 8.77. The molecule has 0 amide bonds. The van der Waals surface area contributed by atoms with E-state index in [0.717, 1.165) is 4.88 Å². The Morgan fingerprint density at radius 2 is 2.15 bits per heavy atom. The van der Waals surface area contributed by atoms with Crippen LogP contribution in [0.5, 0.6) is 17.2 Å². The number of ether oxygens (including phenoxy) is 4. The first-order chi connectivity index (χ1) is 12.7. The summed E-state index contributed by atoms with van der Waals surface area (Å²) < 4.78 is 26.9. The summed E-state index contributed by atoms with van der Waals surface area (Å²) in [6, 6.07) is 8.76. The number of carbonyl (C=O) groups is 1. The van der Waals surface area contributed by atoms with Crippen LogP contribution in [0, 0.1) is 0 Å². The number of aromatic nitrogens is 1. The van der Waals surface area contributed by atoms with E-state index < -0.39 is 5.97 Å². The lowest BCUT2D eigenvalue weighted by molar-refractivity contribution is 0.0462. The van der Waals surface area contributed by atoms with Gasteiger partial charge in [0.25, 0.3) is 0 Å². The van der Waals surface area contributed by atoms with E-state index >= 15 is 0 Å². The van der Waals surface area contributed by atoms with Gasteiger partial charge >= 0.3 is 5.97 Å². The molecule has 0 aliphatic carbocycles. The molecule has 0 radical (unpaired) electrons. The van der Waals surface area contributed by atoms with Crippen LogP contribution in [0.15, 0.2) is 40.2 Å². The highest BCUT2D eigenvalue weighted by Crippen LogP contribution is 2.40. The molecule has 0 N–H and O–H groups in total. The summed E-state index contributed by atoms with van der Waals surface area (Å²) in [5.41, 5.74) is 0.847. The molecule has 1 aliphatic rings. The molecule has 0 atom stereocenters. The molecule has 1 aliphatic heterocycles. The van der Waals surface area contributed by atoms with Crippen LogP contribution in [0.4, 0.5) is 0 Å². The summed E-state index contributed by atoms with van der Waals surface area (Å²) in [4.78, 5) is 13.3. The van der Waals surface area contributed by atoms with E-state index in [-0.39, 0.29) is 6.61 Å². The van der Waals surface area contributed by atoms with Crippen LogP contribution in [-0.4, -0.2) is 31.4 Å². The molecular formula is C18H15NO6S. The lowest BCUT2D eigenvalue weighted by Crippen LogP contribution is -2.17. The lowest BCUT2D eigenvalue weighted by atomic mass is 10.1. The Morgan fingerprint density at radius 1 is 1.27 bits per heavy atom. The minimum absolute atomic E-state index is 0.00443. The van der Waals surface area contributed by atoms with Crippen molar-refractivity contribution in [3.05, 3.63) is 47.0 Å². The maximum Gasteiger partial charge on any atom is 0.338 e. The topological polar surface area (TPSA) is 80.0 Å². The minimum atomic E-state index is -0.513. The second-order valence-corrected chi connectivity index (χ2v) is 6.39. The highest BCUT2D eigenvalue weighted by atomic mass is 32.1. The standard InChI is InChI=1S/C18H15NO6S/c1-21-14-7-11(8-15-17(14)23-5-4-22-15)18(20)24-10-12-9-13(25-19-12)16-3-2-6-26-16/h2-3,6-9H,4-5,10H2,1H3. The van der Waals surface area contributed by atoms with Gasteiger partial charge in [-0.05, 0) is 23.6 Å². The SMILES string of the molecule is COc1cc(C(=O)OCc2cc(-c3cccs3)on2)cc2c1OCCO2. The number of methoxy groups -OCH3 is 1. The van der Waals surface area contributed by atoms with Crippen molar-refractivity contribution >= 4 is 17.3 Å². The average Bonchev–Trinajstić information content (AvgIpc) is 3.36.